The van der Waals surface area contributed by atoms with Crippen LogP contribution in [0.4, 0.5) is 4.39 Å². The number of nitrogens with zero attached hydrogens (tertiary/aromatic N) is 2. The lowest BCUT2D eigenvalue weighted by Crippen LogP contribution is -2.55. The summed E-state index contributed by atoms with van der Waals surface area (Å²) in [7, 11) is 0. The summed E-state index contributed by atoms with van der Waals surface area (Å²) >= 11 is 0. The van der Waals surface area contributed by atoms with Crippen molar-refractivity contribution in [1.82, 2.24) is 20.4 Å². The van der Waals surface area contributed by atoms with Crippen LogP contribution in [0.2, 0.25) is 0 Å². The molecule has 2 fully saturated rings. The van der Waals surface area contributed by atoms with Crippen LogP contribution < -0.4 is 10.6 Å². The molecule has 0 bridgehead atoms. The van der Waals surface area contributed by atoms with Gasteiger partial charge in [0, 0.05) is 62.2 Å². The molecule has 2 aliphatic heterocycles. The summed E-state index contributed by atoms with van der Waals surface area (Å²) in [5.41, 5.74) is 2.95. The average molecular weight is 569 g/mol. The molecule has 2 unspecified atom stereocenters. The van der Waals surface area contributed by atoms with E-state index >= 15 is 0 Å². The predicted octanol–water partition coefficient (Wildman–Crippen LogP) is 5.23. The van der Waals surface area contributed by atoms with Crippen LogP contribution in [0.3, 0.4) is 0 Å². The lowest BCUT2D eigenvalue weighted by atomic mass is 9.93. The molecular weight excluding hydrogens is 515 g/mol. The second kappa shape index (κ2) is 14.9. The zero-order chi connectivity index (χ0) is 29.5. The van der Waals surface area contributed by atoms with E-state index in [9.17, 15) is 14.0 Å². The highest BCUT2D eigenvalue weighted by Crippen LogP contribution is 2.20. The highest BCUT2D eigenvalue weighted by atomic mass is 19.1. The molecule has 4 rings (SSSR count). The van der Waals surface area contributed by atoms with E-state index in [4.69, 9.17) is 0 Å². The molecule has 0 saturated carbocycles. The van der Waals surface area contributed by atoms with E-state index < -0.39 is 0 Å². The van der Waals surface area contributed by atoms with Crippen molar-refractivity contribution >= 4 is 11.8 Å². The van der Waals surface area contributed by atoms with Crippen molar-refractivity contribution in [1.29, 1.82) is 0 Å². The number of aryl methyl sites for hydroxylation is 1. The Hall–Kier alpha value is -2.77. The maximum Gasteiger partial charge on any atom is 0.228 e. The molecule has 2 heterocycles. The average Bonchev–Trinajstić information content (AvgIpc) is 2.89. The molecule has 228 valence electrons. The van der Waals surface area contributed by atoms with E-state index in [2.05, 4.69) is 41.8 Å². The van der Waals surface area contributed by atoms with Crippen LogP contribution >= 0.6 is 0 Å². The van der Waals surface area contributed by atoms with Gasteiger partial charge < -0.3 is 20.4 Å². The summed E-state index contributed by atoms with van der Waals surface area (Å²) in [5, 5.41) is 6.93. The number of hydrogen-bond donors (Lipinski definition) is 2. The third kappa shape index (κ3) is 10.9. The van der Waals surface area contributed by atoms with Crippen molar-refractivity contribution in [3.05, 3.63) is 71.0 Å². The molecule has 2 N–H and O–H groups in total. The Balaban J connectivity index is 0.000000280. The zero-order valence-electron chi connectivity index (χ0n) is 25.5. The topological polar surface area (TPSA) is 64.7 Å². The van der Waals surface area contributed by atoms with Gasteiger partial charge in [0.2, 0.25) is 11.8 Å². The molecule has 6 nitrogen and oxygen atoms in total. The van der Waals surface area contributed by atoms with E-state index in [1.165, 1.54) is 17.2 Å². The van der Waals surface area contributed by atoms with Gasteiger partial charge >= 0.3 is 0 Å². The van der Waals surface area contributed by atoms with Crippen LogP contribution in [0.25, 0.3) is 0 Å². The normalized spacial score (nSPS) is 19.5. The standard InChI is InChI=1S/C17H26N2O.C16H23FN2O.CH4/c1-13-5-7-14(8-6-13)11-15-12-19(10-9-18-15)16(20)17(2,3)4;1-16(2,3)15(20)19-8-7-18-14(11-19)10-12-5-4-6-13(17)9-12;/h5-8,15,18H,9-12H2,1-4H3;4-6,9,14,18H,7-8,10-11H2,1-3H3;1H4. The first kappa shape index (κ1) is 34.4. The molecule has 0 aromatic heterocycles. The SMILES string of the molecule is C.CC(C)(C)C(=O)N1CCNC(Cc2cccc(F)c2)C1.Cc1ccc(CC2CN(C(=O)C(C)(C)C)CCN2)cc1. The minimum Gasteiger partial charge on any atom is -0.339 e. The van der Waals surface area contributed by atoms with Crippen molar-refractivity contribution in [3.63, 3.8) is 0 Å². The first-order valence-electron chi connectivity index (χ1n) is 14.6. The summed E-state index contributed by atoms with van der Waals surface area (Å²) in [6.45, 7) is 18.7. The minimum absolute atomic E-state index is 0. The van der Waals surface area contributed by atoms with Gasteiger partial charge in [0.05, 0.1) is 0 Å². The Morgan fingerprint density at radius 2 is 1.24 bits per heavy atom. The minimum atomic E-state index is -0.346. The summed E-state index contributed by atoms with van der Waals surface area (Å²) in [5.74, 6) is 0.233. The predicted molar refractivity (Wildman–Crippen MR) is 167 cm³/mol. The van der Waals surface area contributed by atoms with Gasteiger partial charge in [0.15, 0.2) is 0 Å². The third-order valence-corrected chi connectivity index (χ3v) is 7.34. The van der Waals surface area contributed by atoms with Gasteiger partial charge in [-0.25, -0.2) is 4.39 Å². The maximum atomic E-state index is 13.2. The summed E-state index contributed by atoms with van der Waals surface area (Å²) in [4.78, 5) is 28.6. The Labute approximate surface area is 248 Å². The van der Waals surface area contributed by atoms with Crippen LogP contribution in [0.5, 0.6) is 0 Å². The summed E-state index contributed by atoms with van der Waals surface area (Å²) in [6, 6.07) is 15.9. The van der Waals surface area contributed by atoms with Crippen LogP contribution in [-0.4, -0.2) is 73.0 Å². The smallest absolute Gasteiger partial charge is 0.228 e. The highest BCUT2D eigenvalue weighted by Gasteiger charge is 2.32. The molecule has 2 aromatic carbocycles. The van der Waals surface area contributed by atoms with E-state index in [0.29, 0.717) is 12.6 Å². The van der Waals surface area contributed by atoms with Crippen molar-refractivity contribution < 1.29 is 14.0 Å². The molecule has 2 saturated heterocycles. The second-order valence-corrected chi connectivity index (χ2v) is 13.3. The Morgan fingerprint density at radius 1 is 0.780 bits per heavy atom. The molecule has 41 heavy (non-hydrogen) atoms. The largest absolute Gasteiger partial charge is 0.339 e. The van der Waals surface area contributed by atoms with Crippen LogP contribution in [0.15, 0.2) is 48.5 Å². The van der Waals surface area contributed by atoms with Gasteiger partial charge in [-0.1, -0.05) is 90.9 Å². The van der Waals surface area contributed by atoms with Crippen molar-refractivity contribution in [2.24, 2.45) is 10.8 Å². The monoisotopic (exact) mass is 568 g/mol. The summed E-state index contributed by atoms with van der Waals surface area (Å²) in [6.07, 6.45) is 1.72. The number of carbonyl (C=O) groups is 2. The van der Waals surface area contributed by atoms with Gasteiger partial charge in [0.1, 0.15) is 5.82 Å². The number of halogens is 1. The third-order valence-electron chi connectivity index (χ3n) is 7.34. The quantitative estimate of drug-likeness (QED) is 0.530. The number of hydrogen-bond acceptors (Lipinski definition) is 4. The molecule has 2 aliphatic rings. The number of rotatable bonds is 4. The molecular formula is C34H53FN4O2. The van der Waals surface area contributed by atoms with Crippen molar-refractivity contribution in [2.75, 3.05) is 39.3 Å². The van der Waals surface area contributed by atoms with E-state index in [1.54, 1.807) is 12.1 Å². The zero-order valence-corrected chi connectivity index (χ0v) is 25.5. The van der Waals surface area contributed by atoms with Gasteiger partial charge in [-0.15, -0.1) is 0 Å². The molecule has 2 aromatic rings. The number of benzene rings is 2. The fraction of sp³-hybridized carbons (Fsp3) is 0.588. The first-order chi connectivity index (χ1) is 18.7. The maximum absolute atomic E-state index is 13.2. The van der Waals surface area contributed by atoms with Crippen LogP contribution in [-0.2, 0) is 22.4 Å². The van der Waals surface area contributed by atoms with Crippen LogP contribution in [0, 0.1) is 23.6 Å². The van der Waals surface area contributed by atoms with E-state index in [0.717, 1.165) is 51.1 Å². The van der Waals surface area contributed by atoms with Gasteiger partial charge in [-0.05, 0) is 43.0 Å². The lowest BCUT2D eigenvalue weighted by Gasteiger charge is -2.37. The van der Waals surface area contributed by atoms with Gasteiger partial charge in [-0.2, -0.15) is 0 Å². The highest BCUT2D eigenvalue weighted by molar-refractivity contribution is 5.82. The number of nitrogens with one attached hydrogen (secondary N) is 2. The van der Waals surface area contributed by atoms with E-state index in [-0.39, 0.29) is 41.9 Å². The fourth-order valence-electron chi connectivity index (χ4n) is 5.20. The van der Waals surface area contributed by atoms with E-state index in [1.807, 2.05) is 57.4 Å². The second-order valence-electron chi connectivity index (χ2n) is 13.3. The first-order valence-corrected chi connectivity index (χ1v) is 14.6. The fourth-order valence-corrected chi connectivity index (χ4v) is 5.20. The Bertz CT molecular complexity index is 1120. The molecule has 2 atom stereocenters. The molecule has 0 spiro atoms. The number of piperazine rings is 2. The van der Waals surface area contributed by atoms with Crippen molar-refractivity contribution in [3.8, 4) is 0 Å². The summed E-state index contributed by atoms with van der Waals surface area (Å²) < 4.78 is 13.2. The Kier molecular flexibility index (Phi) is 12.5. The van der Waals surface area contributed by atoms with Gasteiger partial charge in [0.25, 0.3) is 0 Å². The lowest BCUT2D eigenvalue weighted by molar-refractivity contribution is -0.141. The Morgan fingerprint density at radius 3 is 1.68 bits per heavy atom. The number of carbonyl (C=O) groups excluding carboxylic acids is 2. The van der Waals surface area contributed by atoms with Gasteiger partial charge in [-0.3, -0.25) is 9.59 Å². The van der Waals surface area contributed by atoms with Crippen molar-refractivity contribution in [2.45, 2.75) is 80.8 Å². The molecule has 0 aliphatic carbocycles. The van der Waals surface area contributed by atoms with Crippen LogP contribution in [0.1, 0.15) is 65.7 Å². The molecule has 2 amide bonds. The molecule has 7 heteroatoms. The number of amides is 2. The molecule has 0 radical (unpaired) electrons.